The van der Waals surface area contributed by atoms with Crippen LogP contribution in [0.5, 0.6) is 0 Å². The van der Waals surface area contributed by atoms with E-state index in [-0.39, 0.29) is 6.04 Å². The van der Waals surface area contributed by atoms with Crippen LogP contribution in [0.2, 0.25) is 5.02 Å². The third kappa shape index (κ3) is 4.09. The third-order valence-electron chi connectivity index (χ3n) is 3.79. The van der Waals surface area contributed by atoms with Gasteiger partial charge in [-0.2, -0.15) is 0 Å². The highest BCUT2D eigenvalue weighted by Gasteiger charge is 2.14. The molecule has 0 fully saturated rings. The highest BCUT2D eigenvalue weighted by atomic mass is 35.5. The highest BCUT2D eigenvalue weighted by Crippen LogP contribution is 2.27. The van der Waals surface area contributed by atoms with Crippen molar-refractivity contribution in [2.45, 2.75) is 33.2 Å². The number of rotatable bonds is 5. The predicted octanol–water partition coefficient (Wildman–Crippen LogP) is 5.16. The van der Waals surface area contributed by atoms with Crippen LogP contribution in [0.3, 0.4) is 0 Å². The summed E-state index contributed by atoms with van der Waals surface area (Å²) in [5.74, 6) is 0.689. The topological polar surface area (TPSA) is 12.0 Å². The molecule has 0 saturated carbocycles. The van der Waals surface area contributed by atoms with Gasteiger partial charge in [-0.3, -0.25) is 0 Å². The summed E-state index contributed by atoms with van der Waals surface area (Å²) < 4.78 is 0. The smallest absolute Gasteiger partial charge is 0.0576 e. The zero-order valence-corrected chi connectivity index (χ0v) is 14.0. The Morgan fingerprint density at radius 3 is 2.24 bits per heavy atom. The summed E-state index contributed by atoms with van der Waals surface area (Å²) in [6.45, 7) is 6.61. The van der Waals surface area contributed by atoms with Crippen LogP contribution in [0.1, 0.15) is 42.1 Å². The van der Waals surface area contributed by atoms with E-state index in [0.717, 1.165) is 11.4 Å². The zero-order chi connectivity index (χ0) is 15.4. The van der Waals surface area contributed by atoms with Gasteiger partial charge in [0.25, 0.3) is 0 Å². The fourth-order valence-corrected chi connectivity index (χ4v) is 3.01. The molecule has 0 spiro atoms. The minimum atomic E-state index is 0.204. The van der Waals surface area contributed by atoms with Crippen molar-refractivity contribution in [3.8, 4) is 0 Å². The van der Waals surface area contributed by atoms with Gasteiger partial charge in [0.05, 0.1) is 6.04 Å². The lowest BCUT2D eigenvalue weighted by molar-refractivity contribution is 0.645. The van der Waals surface area contributed by atoms with Gasteiger partial charge in [0.15, 0.2) is 0 Å². The molecule has 0 radical (unpaired) electrons. The van der Waals surface area contributed by atoms with E-state index in [4.69, 9.17) is 11.6 Å². The Morgan fingerprint density at radius 2 is 1.71 bits per heavy atom. The first-order valence-electron chi connectivity index (χ1n) is 7.53. The first-order chi connectivity index (χ1) is 10.0. The van der Waals surface area contributed by atoms with Gasteiger partial charge >= 0.3 is 0 Å². The van der Waals surface area contributed by atoms with Gasteiger partial charge in [0, 0.05) is 5.02 Å². The van der Waals surface area contributed by atoms with Crippen LogP contribution >= 0.6 is 11.6 Å². The first kappa shape index (κ1) is 16.1. The van der Waals surface area contributed by atoms with E-state index >= 15 is 0 Å². The molecule has 1 N–H and O–H groups in total. The Hall–Kier alpha value is -1.31. The second kappa shape index (κ2) is 7.11. The lowest BCUT2D eigenvalue weighted by Crippen LogP contribution is -2.18. The minimum Gasteiger partial charge on any atom is -0.309 e. The first-order valence-corrected chi connectivity index (χ1v) is 7.91. The lowest BCUT2D eigenvalue weighted by atomic mass is 9.93. The molecule has 112 valence electrons. The molecule has 2 heteroatoms. The van der Waals surface area contributed by atoms with E-state index in [1.807, 2.05) is 19.2 Å². The number of nitrogens with one attached hydrogen (secondary N) is 1. The van der Waals surface area contributed by atoms with E-state index in [1.54, 1.807) is 0 Å². The molecule has 0 aromatic heterocycles. The Balaban J connectivity index is 2.28. The van der Waals surface area contributed by atoms with E-state index in [1.165, 1.54) is 22.3 Å². The molecule has 0 aliphatic carbocycles. The van der Waals surface area contributed by atoms with Crippen molar-refractivity contribution in [3.05, 3.63) is 69.7 Å². The molecule has 21 heavy (non-hydrogen) atoms. The van der Waals surface area contributed by atoms with Gasteiger partial charge < -0.3 is 5.32 Å². The summed E-state index contributed by atoms with van der Waals surface area (Å²) in [6, 6.07) is 15.2. The summed E-state index contributed by atoms with van der Waals surface area (Å²) in [5, 5.41) is 4.20. The fraction of sp³-hybridized carbons (Fsp3) is 0.368. The van der Waals surface area contributed by atoms with Crippen molar-refractivity contribution >= 4 is 11.6 Å². The predicted molar refractivity (Wildman–Crippen MR) is 92.1 cm³/mol. The summed E-state index contributed by atoms with van der Waals surface area (Å²) >= 11 is 6.06. The second-order valence-electron chi connectivity index (χ2n) is 6.06. The lowest BCUT2D eigenvalue weighted by Gasteiger charge is -2.20. The van der Waals surface area contributed by atoms with Crippen molar-refractivity contribution in [1.29, 1.82) is 0 Å². The normalized spacial score (nSPS) is 12.7. The van der Waals surface area contributed by atoms with Crippen LogP contribution in [0.15, 0.2) is 42.5 Å². The highest BCUT2D eigenvalue weighted by molar-refractivity contribution is 6.30. The minimum absolute atomic E-state index is 0.204. The van der Waals surface area contributed by atoms with Crippen LogP contribution < -0.4 is 5.32 Å². The quantitative estimate of drug-likeness (QED) is 0.804. The van der Waals surface area contributed by atoms with Crippen molar-refractivity contribution in [1.82, 2.24) is 5.32 Å². The second-order valence-corrected chi connectivity index (χ2v) is 6.50. The Bertz CT molecular complexity index is 587. The molecule has 0 saturated heterocycles. The van der Waals surface area contributed by atoms with Gasteiger partial charge in [-0.1, -0.05) is 55.8 Å². The van der Waals surface area contributed by atoms with Crippen molar-refractivity contribution in [2.75, 3.05) is 7.05 Å². The maximum atomic E-state index is 6.06. The molecule has 0 bridgehead atoms. The Kier molecular flexibility index (Phi) is 5.44. The van der Waals surface area contributed by atoms with Crippen LogP contribution in [-0.2, 0) is 6.42 Å². The number of hydrogen-bond donors (Lipinski definition) is 1. The largest absolute Gasteiger partial charge is 0.309 e. The van der Waals surface area contributed by atoms with Crippen LogP contribution in [0, 0.1) is 12.8 Å². The maximum Gasteiger partial charge on any atom is 0.0576 e. The van der Waals surface area contributed by atoms with Crippen LogP contribution in [-0.4, -0.2) is 7.05 Å². The molecule has 0 amide bonds. The monoisotopic (exact) mass is 301 g/mol. The maximum absolute atomic E-state index is 6.06. The number of hydrogen-bond acceptors (Lipinski definition) is 1. The fourth-order valence-electron chi connectivity index (χ4n) is 2.78. The summed E-state index contributed by atoms with van der Waals surface area (Å²) in [7, 11) is 2.00. The average molecular weight is 302 g/mol. The number of aryl methyl sites for hydroxylation is 1. The standard InChI is InChI=1S/C19H24ClN/c1-13(2)11-15-5-7-16(8-6-15)19(21-4)18-10-9-17(20)12-14(18)3/h5-10,12-13,19,21H,11H2,1-4H3. The van der Waals surface area contributed by atoms with E-state index < -0.39 is 0 Å². The van der Waals surface area contributed by atoms with Gasteiger partial charge in [0.1, 0.15) is 0 Å². The Labute approximate surface area is 133 Å². The van der Waals surface area contributed by atoms with Crippen LogP contribution in [0.25, 0.3) is 0 Å². The summed E-state index contributed by atoms with van der Waals surface area (Å²) in [5.41, 5.74) is 5.18. The molecular formula is C19H24ClN. The zero-order valence-electron chi connectivity index (χ0n) is 13.3. The SMILES string of the molecule is CNC(c1ccc(CC(C)C)cc1)c1ccc(Cl)cc1C. The third-order valence-corrected chi connectivity index (χ3v) is 4.02. The molecule has 0 aliphatic heterocycles. The summed E-state index contributed by atoms with van der Waals surface area (Å²) in [4.78, 5) is 0. The Morgan fingerprint density at radius 1 is 1.05 bits per heavy atom. The molecule has 1 atom stereocenters. The number of halogens is 1. The molecule has 2 aromatic carbocycles. The molecule has 0 aliphatic rings. The van der Waals surface area contributed by atoms with Crippen molar-refractivity contribution in [3.63, 3.8) is 0 Å². The van der Waals surface area contributed by atoms with Gasteiger partial charge in [-0.15, -0.1) is 0 Å². The molecular weight excluding hydrogens is 278 g/mol. The molecule has 1 nitrogen and oxygen atoms in total. The van der Waals surface area contributed by atoms with Crippen molar-refractivity contribution in [2.24, 2.45) is 5.92 Å². The van der Waals surface area contributed by atoms with Crippen molar-refractivity contribution < 1.29 is 0 Å². The molecule has 0 heterocycles. The molecule has 2 aromatic rings. The van der Waals surface area contributed by atoms with Gasteiger partial charge in [-0.25, -0.2) is 0 Å². The average Bonchev–Trinajstić information content (AvgIpc) is 2.43. The van der Waals surface area contributed by atoms with E-state index in [0.29, 0.717) is 5.92 Å². The van der Waals surface area contributed by atoms with Crippen LogP contribution in [0.4, 0.5) is 0 Å². The molecule has 1 unspecified atom stereocenters. The van der Waals surface area contributed by atoms with Gasteiger partial charge in [0.2, 0.25) is 0 Å². The van der Waals surface area contributed by atoms with Gasteiger partial charge in [-0.05, 0) is 60.7 Å². The summed E-state index contributed by atoms with van der Waals surface area (Å²) in [6.07, 6.45) is 1.13. The number of benzene rings is 2. The molecule has 2 rings (SSSR count). The van der Waals surface area contributed by atoms with E-state index in [2.05, 4.69) is 56.4 Å². The van der Waals surface area contributed by atoms with E-state index in [9.17, 15) is 0 Å².